The van der Waals surface area contributed by atoms with Crippen LogP contribution in [-0.4, -0.2) is 74.2 Å². The van der Waals surface area contributed by atoms with Crippen LogP contribution < -0.4 is 0 Å². The summed E-state index contributed by atoms with van der Waals surface area (Å²) in [6, 6.07) is 15.8. The van der Waals surface area contributed by atoms with Gasteiger partial charge in [-0.1, -0.05) is 48.5 Å². The minimum Gasteiger partial charge on any atom is -0.478 e. The largest absolute Gasteiger partial charge is 0.478 e. The molecule has 0 radical (unpaired) electrons. The van der Waals surface area contributed by atoms with E-state index in [2.05, 4.69) is 17.2 Å². The summed E-state index contributed by atoms with van der Waals surface area (Å²) in [4.78, 5) is 40.9. The first-order chi connectivity index (χ1) is 18.5. The van der Waals surface area contributed by atoms with Crippen molar-refractivity contribution in [3.8, 4) is 11.1 Å². The molecule has 0 bridgehead atoms. The Kier molecular flexibility index (Phi) is 6.80. The number of fused-ring (bicyclic) bond motifs is 3. The van der Waals surface area contributed by atoms with Gasteiger partial charge in [-0.2, -0.15) is 5.10 Å². The first kappa shape index (κ1) is 26.3. The maximum Gasteiger partial charge on any atom is 0.410 e. The number of aromatic nitrogens is 2. The van der Waals surface area contributed by atoms with Crippen molar-refractivity contribution in [2.45, 2.75) is 44.9 Å². The number of carbonyl (C=O) groups is 3. The highest BCUT2D eigenvalue weighted by Crippen LogP contribution is 2.44. The first-order valence-electron chi connectivity index (χ1n) is 12.9. The molecule has 10 heteroatoms. The highest BCUT2D eigenvalue weighted by atomic mass is 16.6. The van der Waals surface area contributed by atoms with Crippen LogP contribution in [0.2, 0.25) is 0 Å². The fraction of sp³-hybridized carbons (Fsp3) is 0.379. The molecule has 1 saturated heterocycles. The van der Waals surface area contributed by atoms with Gasteiger partial charge >= 0.3 is 18.2 Å². The Labute approximate surface area is 226 Å². The Morgan fingerprint density at radius 1 is 1.03 bits per heavy atom. The average Bonchev–Trinajstić information content (AvgIpc) is 3.37. The molecule has 5 rings (SSSR count). The second-order valence-corrected chi connectivity index (χ2v) is 10.9. The summed E-state index contributed by atoms with van der Waals surface area (Å²) in [6.07, 6.45) is 0.225. The maximum atomic E-state index is 13.6. The van der Waals surface area contributed by atoms with Gasteiger partial charge in [-0.25, -0.2) is 14.4 Å². The standard InChI is InChI=1S/C29H32N4O6/c1-29(2,3)39-27(36)32-14-18(15-32)33(16-25-23(26(34)35)13-30-31(25)4)28(37)38-17-24-21-11-7-5-9-19(21)20-10-6-8-12-22(20)24/h5-13,18,24H,14-17H2,1-4H3,(H,34,35). The Morgan fingerprint density at radius 2 is 1.62 bits per heavy atom. The van der Waals surface area contributed by atoms with Crippen LogP contribution >= 0.6 is 0 Å². The van der Waals surface area contributed by atoms with E-state index < -0.39 is 23.8 Å². The van der Waals surface area contributed by atoms with Crippen molar-refractivity contribution < 1.29 is 29.0 Å². The number of ether oxygens (including phenoxy) is 2. The molecular weight excluding hydrogens is 500 g/mol. The van der Waals surface area contributed by atoms with Gasteiger partial charge in [0.2, 0.25) is 0 Å². The number of nitrogens with zero attached hydrogens (tertiary/aromatic N) is 4. The van der Waals surface area contributed by atoms with E-state index in [0.29, 0.717) is 5.69 Å². The van der Waals surface area contributed by atoms with Gasteiger partial charge in [-0.3, -0.25) is 9.58 Å². The highest BCUT2D eigenvalue weighted by molar-refractivity contribution is 5.88. The lowest BCUT2D eigenvalue weighted by molar-refractivity contribution is -0.0180. The van der Waals surface area contributed by atoms with Gasteiger partial charge in [0.1, 0.15) is 17.8 Å². The molecule has 2 amide bonds. The van der Waals surface area contributed by atoms with Crippen LogP contribution in [0.3, 0.4) is 0 Å². The monoisotopic (exact) mass is 532 g/mol. The normalized spacial score (nSPS) is 14.8. The molecule has 0 unspecified atom stereocenters. The van der Waals surface area contributed by atoms with Crippen molar-refractivity contribution in [3.05, 3.63) is 77.1 Å². The van der Waals surface area contributed by atoms with E-state index in [4.69, 9.17) is 9.47 Å². The van der Waals surface area contributed by atoms with Crippen molar-refractivity contribution in [1.82, 2.24) is 19.6 Å². The Hall–Kier alpha value is -4.34. The van der Waals surface area contributed by atoms with Crippen LogP contribution in [0.1, 0.15) is 53.9 Å². The zero-order valence-corrected chi connectivity index (χ0v) is 22.5. The second-order valence-electron chi connectivity index (χ2n) is 10.9. The molecule has 1 N–H and O–H groups in total. The summed E-state index contributed by atoms with van der Waals surface area (Å²) in [5, 5.41) is 13.7. The maximum absolute atomic E-state index is 13.6. The van der Waals surface area contributed by atoms with Gasteiger partial charge in [-0.05, 0) is 43.0 Å². The van der Waals surface area contributed by atoms with Crippen LogP contribution in [0.5, 0.6) is 0 Å². The molecule has 10 nitrogen and oxygen atoms in total. The van der Waals surface area contributed by atoms with Crippen molar-refractivity contribution in [2.75, 3.05) is 19.7 Å². The molecule has 1 fully saturated rings. The van der Waals surface area contributed by atoms with Crippen molar-refractivity contribution >= 4 is 18.2 Å². The quantitative estimate of drug-likeness (QED) is 0.498. The van der Waals surface area contributed by atoms with Gasteiger partial charge in [0.15, 0.2) is 0 Å². The second kappa shape index (κ2) is 10.1. The van der Waals surface area contributed by atoms with Gasteiger partial charge < -0.3 is 19.5 Å². The zero-order chi connectivity index (χ0) is 27.9. The SMILES string of the molecule is Cn1ncc(C(=O)O)c1CN(C(=O)OCC1c2ccccc2-c2ccccc21)C1CN(C(=O)OC(C)(C)C)C1. The van der Waals surface area contributed by atoms with Crippen molar-refractivity contribution in [3.63, 3.8) is 0 Å². The Bertz CT molecular complexity index is 1370. The molecule has 0 spiro atoms. The van der Waals surface area contributed by atoms with E-state index in [0.717, 1.165) is 22.3 Å². The van der Waals surface area contributed by atoms with E-state index >= 15 is 0 Å². The lowest BCUT2D eigenvalue weighted by Crippen LogP contribution is -2.62. The fourth-order valence-electron chi connectivity index (χ4n) is 5.14. The molecule has 1 aliphatic carbocycles. The summed E-state index contributed by atoms with van der Waals surface area (Å²) < 4.78 is 12.8. The van der Waals surface area contributed by atoms with Gasteiger partial charge in [0.05, 0.1) is 24.5 Å². The van der Waals surface area contributed by atoms with Crippen LogP contribution in [0.4, 0.5) is 9.59 Å². The number of carbonyl (C=O) groups excluding carboxylic acids is 2. The molecule has 204 valence electrons. The third-order valence-electron chi connectivity index (χ3n) is 7.14. The molecule has 2 heterocycles. The summed E-state index contributed by atoms with van der Waals surface area (Å²) >= 11 is 0. The number of rotatable bonds is 6. The number of aryl methyl sites for hydroxylation is 1. The van der Waals surface area contributed by atoms with Gasteiger partial charge in [-0.15, -0.1) is 0 Å². The molecule has 1 aliphatic heterocycles. The number of aromatic carboxylic acids is 1. The summed E-state index contributed by atoms with van der Waals surface area (Å²) in [5.41, 5.74) is 4.18. The lowest BCUT2D eigenvalue weighted by atomic mass is 9.98. The lowest BCUT2D eigenvalue weighted by Gasteiger charge is -2.44. The van der Waals surface area contributed by atoms with Crippen molar-refractivity contribution in [1.29, 1.82) is 0 Å². The predicted octanol–water partition coefficient (Wildman–Crippen LogP) is 4.49. The molecule has 0 saturated carbocycles. The number of hydrogen-bond donors (Lipinski definition) is 1. The Morgan fingerprint density at radius 3 is 2.18 bits per heavy atom. The molecule has 2 aliphatic rings. The molecule has 3 aromatic rings. The molecule has 2 aromatic carbocycles. The average molecular weight is 533 g/mol. The summed E-state index contributed by atoms with van der Waals surface area (Å²) in [7, 11) is 1.63. The molecule has 39 heavy (non-hydrogen) atoms. The number of carboxylic acid groups (broad SMARTS) is 1. The molecular formula is C29H32N4O6. The summed E-state index contributed by atoms with van der Waals surface area (Å²) in [6.45, 7) is 5.98. The van der Waals surface area contributed by atoms with E-state index in [1.165, 1.54) is 20.7 Å². The first-order valence-corrected chi connectivity index (χ1v) is 12.9. The van der Waals surface area contributed by atoms with Crippen molar-refractivity contribution in [2.24, 2.45) is 7.05 Å². The van der Waals surface area contributed by atoms with Gasteiger partial charge in [0, 0.05) is 26.1 Å². The third kappa shape index (κ3) is 5.19. The van der Waals surface area contributed by atoms with E-state index in [-0.39, 0.29) is 43.8 Å². The minimum atomic E-state index is -1.13. The highest BCUT2D eigenvalue weighted by Gasteiger charge is 2.41. The van der Waals surface area contributed by atoms with E-state index in [9.17, 15) is 19.5 Å². The number of hydrogen-bond acceptors (Lipinski definition) is 6. The molecule has 1 aromatic heterocycles. The van der Waals surface area contributed by atoms with Gasteiger partial charge in [0.25, 0.3) is 0 Å². The van der Waals surface area contributed by atoms with Crippen LogP contribution in [-0.2, 0) is 23.1 Å². The predicted molar refractivity (Wildman–Crippen MR) is 142 cm³/mol. The van der Waals surface area contributed by atoms with E-state index in [1.54, 1.807) is 27.8 Å². The number of benzene rings is 2. The number of carboxylic acids is 1. The zero-order valence-electron chi connectivity index (χ0n) is 22.5. The number of likely N-dealkylation sites (tertiary alicyclic amines) is 1. The fourth-order valence-corrected chi connectivity index (χ4v) is 5.14. The van der Waals surface area contributed by atoms with Crippen LogP contribution in [0, 0.1) is 0 Å². The van der Waals surface area contributed by atoms with Crippen LogP contribution in [0.15, 0.2) is 54.7 Å². The smallest absolute Gasteiger partial charge is 0.410 e. The topological polar surface area (TPSA) is 114 Å². The van der Waals surface area contributed by atoms with Crippen LogP contribution in [0.25, 0.3) is 11.1 Å². The Balaban J connectivity index is 1.35. The molecule has 0 atom stereocenters. The third-order valence-corrected chi connectivity index (χ3v) is 7.14. The van der Waals surface area contributed by atoms with E-state index in [1.807, 2.05) is 36.4 Å². The number of amides is 2. The summed E-state index contributed by atoms with van der Waals surface area (Å²) in [5.74, 6) is -1.25. The minimum absolute atomic E-state index is 0.0114.